The third kappa shape index (κ3) is 629000. The van der Waals surface area contributed by atoms with Gasteiger partial charge in [0.2, 0.25) is 0 Å². The maximum absolute atomic E-state index is 9.00. The van der Waals surface area contributed by atoms with Crippen molar-refractivity contribution in [3.05, 3.63) is 0 Å². The minimum absolute atomic E-state index is 0. The Hall–Kier alpha value is -0.240. The molecule has 0 fully saturated rings. The molecule has 0 bridgehead atoms. The van der Waals surface area contributed by atoms with Crippen LogP contribution in [-0.2, 0) is 38.4 Å². The largest absolute Gasteiger partial charge is 1.00 e. The van der Waals surface area contributed by atoms with Crippen molar-refractivity contribution in [3.8, 4) is 0 Å². The van der Waals surface area contributed by atoms with Gasteiger partial charge in [-0.1, -0.05) is 0 Å². The van der Waals surface area contributed by atoms with Crippen molar-refractivity contribution >= 4 is 47.8 Å². The number of aliphatic carboxylic acids is 8. The molecule has 0 saturated carbocycles. The van der Waals surface area contributed by atoms with Crippen LogP contribution in [0.2, 0.25) is 0 Å². The molecular formula is C16H28Na4O16. The number of hydrogen-bond donors (Lipinski definition) is 4. The Kier molecular flexibility index (Phi) is 149. The van der Waals surface area contributed by atoms with Crippen LogP contribution in [0.25, 0.3) is 0 Å². The molecule has 0 unspecified atom stereocenters. The number of hydrogen-bond acceptors (Lipinski definition) is 12. The predicted octanol–water partition coefficient (Wildman–Crippen LogP) is -16.6. The molecule has 0 aromatic heterocycles. The predicted molar refractivity (Wildman–Crippen MR) is 96.0 cm³/mol. The molecule has 0 rings (SSSR count). The summed E-state index contributed by atoms with van der Waals surface area (Å²) in [7, 11) is 0. The fourth-order valence-corrected chi connectivity index (χ4v) is 0. The van der Waals surface area contributed by atoms with E-state index in [0.717, 1.165) is 55.4 Å². The van der Waals surface area contributed by atoms with E-state index < -0.39 is 47.8 Å². The third-order valence-corrected chi connectivity index (χ3v) is 0. The van der Waals surface area contributed by atoms with Gasteiger partial charge in [-0.2, -0.15) is 0 Å². The SMILES string of the molecule is CC(=O)O.CC(=O)O.CC(=O)O.CC(=O)O.CC(=O)[O-].CC(=O)[O-].CC(=O)[O-].CC(=O)[O-].[Na+].[Na+].[Na+].[Na+]. The van der Waals surface area contributed by atoms with Crippen molar-refractivity contribution < 1.29 is 197 Å². The maximum Gasteiger partial charge on any atom is 1.00 e. The molecule has 0 aromatic rings. The van der Waals surface area contributed by atoms with Gasteiger partial charge in [0.25, 0.3) is 23.9 Å². The summed E-state index contributed by atoms with van der Waals surface area (Å²) in [5.74, 6) is -7.67. The molecule has 0 heterocycles. The molecule has 0 aromatic carbocycles. The Morgan fingerprint density at radius 3 is 0.333 bits per heavy atom. The van der Waals surface area contributed by atoms with Crippen LogP contribution in [0.15, 0.2) is 0 Å². The summed E-state index contributed by atoms with van der Waals surface area (Å²) in [6.07, 6.45) is 0. The van der Waals surface area contributed by atoms with Crippen LogP contribution in [0.4, 0.5) is 0 Å². The van der Waals surface area contributed by atoms with Gasteiger partial charge in [0, 0.05) is 51.6 Å². The van der Waals surface area contributed by atoms with Gasteiger partial charge in [-0.25, -0.2) is 0 Å². The van der Waals surface area contributed by atoms with Crippen LogP contribution < -0.4 is 139 Å². The minimum Gasteiger partial charge on any atom is -0.550 e. The topological polar surface area (TPSA) is 310 Å². The molecule has 0 atom stereocenters. The summed E-state index contributed by atoms with van der Waals surface area (Å²) in [6.45, 7) is 8.22. The minimum atomic E-state index is -1.08. The summed E-state index contributed by atoms with van der Waals surface area (Å²) in [6, 6.07) is 0. The average Bonchev–Trinajstić information content (AvgIpc) is 2.30. The Balaban J connectivity index is -0.0000000180. The van der Waals surface area contributed by atoms with Crippen LogP contribution >= 0.6 is 0 Å². The van der Waals surface area contributed by atoms with Gasteiger partial charge in [0.05, 0.1) is 0 Å². The van der Waals surface area contributed by atoms with Crippen molar-refractivity contribution in [1.29, 1.82) is 0 Å². The van der Waals surface area contributed by atoms with Crippen LogP contribution in [-0.4, -0.2) is 68.2 Å². The van der Waals surface area contributed by atoms with Crippen LogP contribution in [0.1, 0.15) is 55.4 Å². The third-order valence-electron chi connectivity index (χ3n) is 0. The van der Waals surface area contributed by atoms with Gasteiger partial charge in [0.15, 0.2) is 0 Å². The molecule has 20 heteroatoms. The number of carboxylic acids is 8. The molecule has 0 spiro atoms. The maximum atomic E-state index is 9.00. The molecule has 0 saturated heterocycles. The first kappa shape index (κ1) is 76.5. The Morgan fingerprint density at radius 2 is 0.333 bits per heavy atom. The molecule has 0 aliphatic heterocycles. The smallest absolute Gasteiger partial charge is 0.550 e. The molecule has 0 radical (unpaired) electrons. The van der Waals surface area contributed by atoms with Crippen LogP contribution in [0, 0.1) is 0 Å². The quantitative estimate of drug-likeness (QED) is 0.197. The van der Waals surface area contributed by atoms with E-state index in [1.54, 1.807) is 0 Å². The van der Waals surface area contributed by atoms with E-state index in [4.69, 9.17) is 79.2 Å². The van der Waals surface area contributed by atoms with E-state index in [2.05, 4.69) is 0 Å². The van der Waals surface area contributed by atoms with Crippen LogP contribution in [0.3, 0.4) is 0 Å². The number of carboxylic acid groups (broad SMARTS) is 8. The van der Waals surface area contributed by atoms with E-state index in [0.29, 0.717) is 0 Å². The molecule has 0 aliphatic rings. The van der Waals surface area contributed by atoms with Gasteiger partial charge in [-0.15, -0.1) is 0 Å². The van der Waals surface area contributed by atoms with Gasteiger partial charge >= 0.3 is 118 Å². The monoisotopic (exact) mass is 568 g/mol. The molecule has 36 heavy (non-hydrogen) atoms. The van der Waals surface area contributed by atoms with Crippen molar-refractivity contribution in [2.45, 2.75) is 55.4 Å². The van der Waals surface area contributed by atoms with E-state index in [1.807, 2.05) is 0 Å². The standard InChI is InChI=1S/8C2H4O2.4Na/c8*1-2(3)4;;;;/h8*1H3,(H,3,4);;;;/q;;;;;;;;4*+1/p-4. The first-order chi connectivity index (χ1) is 13.9. The van der Waals surface area contributed by atoms with Crippen molar-refractivity contribution in [2.24, 2.45) is 0 Å². The summed E-state index contributed by atoms with van der Waals surface area (Å²) in [5, 5.41) is 65.2. The van der Waals surface area contributed by atoms with Gasteiger partial charge in [-0.3, -0.25) is 19.2 Å². The molecular weight excluding hydrogens is 540 g/mol. The molecule has 4 N–H and O–H groups in total. The van der Waals surface area contributed by atoms with Crippen molar-refractivity contribution in [3.63, 3.8) is 0 Å². The summed E-state index contributed by atoms with van der Waals surface area (Å²) >= 11 is 0. The Bertz CT molecular complexity index is 378. The van der Waals surface area contributed by atoms with E-state index in [9.17, 15) is 0 Å². The summed E-state index contributed by atoms with van der Waals surface area (Å²) in [4.78, 5) is 71.6. The molecule has 16 nitrogen and oxygen atoms in total. The molecule has 192 valence electrons. The Labute approximate surface area is 297 Å². The number of carbonyl (C=O) groups excluding carboxylic acids is 4. The number of carbonyl (C=O) groups is 8. The van der Waals surface area contributed by atoms with E-state index >= 15 is 0 Å². The second-order valence-electron chi connectivity index (χ2n) is 4.04. The fraction of sp³-hybridized carbons (Fsp3) is 0.500. The summed E-state index contributed by atoms with van der Waals surface area (Å²) < 4.78 is 0. The van der Waals surface area contributed by atoms with Crippen molar-refractivity contribution in [2.75, 3.05) is 0 Å². The van der Waals surface area contributed by atoms with Crippen LogP contribution in [0.5, 0.6) is 0 Å². The number of rotatable bonds is 0. The van der Waals surface area contributed by atoms with E-state index in [-0.39, 0.29) is 118 Å². The fourth-order valence-electron chi connectivity index (χ4n) is 0. The van der Waals surface area contributed by atoms with Crippen molar-refractivity contribution in [1.82, 2.24) is 0 Å². The first-order valence-electron chi connectivity index (χ1n) is 7.34. The first-order valence-corrected chi connectivity index (χ1v) is 7.34. The summed E-state index contributed by atoms with van der Waals surface area (Å²) in [5.41, 5.74) is 0. The van der Waals surface area contributed by atoms with Gasteiger partial charge in [-0.05, 0) is 27.7 Å². The normalized spacial score (nSPS) is 5.56. The van der Waals surface area contributed by atoms with Gasteiger partial charge in [0.1, 0.15) is 0 Å². The molecule has 0 amide bonds. The zero-order valence-electron chi connectivity index (χ0n) is 22.7. The van der Waals surface area contributed by atoms with E-state index in [1.165, 1.54) is 0 Å². The zero-order chi connectivity index (χ0) is 28.6. The zero-order valence-corrected chi connectivity index (χ0v) is 30.7. The van der Waals surface area contributed by atoms with Gasteiger partial charge < -0.3 is 60.0 Å². The second-order valence-corrected chi connectivity index (χ2v) is 4.04. The second kappa shape index (κ2) is 70.2. The molecule has 0 aliphatic carbocycles. The Morgan fingerprint density at radius 1 is 0.333 bits per heavy atom. The average molecular weight is 568 g/mol.